The lowest BCUT2D eigenvalue weighted by molar-refractivity contribution is 0.425. The average molecular weight is 229 g/mol. The molecule has 2 aromatic carbocycles. The zero-order valence-corrected chi connectivity index (χ0v) is 9.08. The molecule has 0 bridgehead atoms. The number of hydrogen-bond acceptors (Lipinski definition) is 4. The van der Waals surface area contributed by atoms with E-state index in [9.17, 15) is 0 Å². The van der Waals surface area contributed by atoms with Gasteiger partial charge in [-0.2, -0.15) is 0 Å². The molecule has 0 saturated heterocycles. The first kappa shape index (κ1) is 11.5. The minimum Gasteiger partial charge on any atom is -0.457 e. The number of nitrogens with two attached hydrogens (primary N) is 1. The fourth-order valence-electron chi connectivity index (χ4n) is 1.41. The van der Waals surface area contributed by atoms with Gasteiger partial charge in [0, 0.05) is 5.69 Å². The minimum atomic E-state index is -1.50. The summed E-state index contributed by atoms with van der Waals surface area (Å²) in [6.07, 6.45) is 0. The van der Waals surface area contributed by atoms with E-state index in [1.165, 1.54) is 0 Å². The summed E-state index contributed by atoms with van der Waals surface area (Å²) in [5, 5.41) is 18.1. The highest BCUT2D eigenvalue weighted by molar-refractivity contribution is 6.58. The summed E-state index contributed by atoms with van der Waals surface area (Å²) in [6, 6.07) is 13.6. The molecule has 0 saturated carbocycles. The molecule has 5 heteroatoms. The van der Waals surface area contributed by atoms with Crippen molar-refractivity contribution in [3.8, 4) is 11.5 Å². The van der Waals surface area contributed by atoms with Crippen molar-refractivity contribution >= 4 is 18.3 Å². The van der Waals surface area contributed by atoms with Gasteiger partial charge in [-0.1, -0.05) is 12.1 Å². The third-order valence-electron chi connectivity index (χ3n) is 2.27. The van der Waals surface area contributed by atoms with E-state index in [4.69, 9.17) is 20.5 Å². The van der Waals surface area contributed by atoms with Crippen LogP contribution in [0.1, 0.15) is 0 Å². The summed E-state index contributed by atoms with van der Waals surface area (Å²) in [6.45, 7) is 0. The third-order valence-corrected chi connectivity index (χ3v) is 2.27. The normalized spacial score (nSPS) is 10.0. The number of anilines is 1. The van der Waals surface area contributed by atoms with Crippen LogP contribution >= 0.6 is 0 Å². The second-order valence-electron chi connectivity index (χ2n) is 3.62. The molecule has 2 rings (SSSR count). The highest BCUT2D eigenvalue weighted by Gasteiger charge is 2.11. The average Bonchev–Trinajstić information content (AvgIpc) is 2.32. The van der Waals surface area contributed by atoms with Crippen LogP contribution in [0.2, 0.25) is 0 Å². The molecule has 0 spiro atoms. The Morgan fingerprint density at radius 3 is 2.29 bits per heavy atom. The van der Waals surface area contributed by atoms with Gasteiger partial charge < -0.3 is 20.5 Å². The van der Waals surface area contributed by atoms with E-state index >= 15 is 0 Å². The van der Waals surface area contributed by atoms with Crippen LogP contribution in [0.4, 0.5) is 5.69 Å². The minimum absolute atomic E-state index is 0.387. The second kappa shape index (κ2) is 4.90. The molecule has 0 unspecified atom stereocenters. The van der Waals surface area contributed by atoms with Crippen LogP contribution in [0.25, 0.3) is 0 Å². The molecule has 0 fully saturated rings. The van der Waals surface area contributed by atoms with Crippen molar-refractivity contribution in [3.63, 3.8) is 0 Å². The van der Waals surface area contributed by atoms with Crippen LogP contribution in [0.15, 0.2) is 48.5 Å². The van der Waals surface area contributed by atoms with Gasteiger partial charge >= 0.3 is 7.12 Å². The van der Waals surface area contributed by atoms with Gasteiger partial charge in [0.15, 0.2) is 0 Å². The molecule has 0 atom stereocenters. The molecule has 0 aliphatic carbocycles. The van der Waals surface area contributed by atoms with Gasteiger partial charge in [-0.3, -0.25) is 0 Å². The standard InChI is InChI=1S/C12H12BNO3/c14-10-4-6-11(7-5-10)17-12-3-1-2-9(8-12)13(15)16/h1-8,15-16H,14H2. The summed E-state index contributed by atoms with van der Waals surface area (Å²) in [5.74, 6) is 1.18. The first-order valence-corrected chi connectivity index (χ1v) is 5.14. The van der Waals surface area contributed by atoms with Crippen molar-refractivity contribution in [3.05, 3.63) is 48.5 Å². The molecule has 17 heavy (non-hydrogen) atoms. The van der Waals surface area contributed by atoms with Crippen LogP contribution in [0, 0.1) is 0 Å². The van der Waals surface area contributed by atoms with Gasteiger partial charge in [-0.05, 0) is 41.9 Å². The quantitative estimate of drug-likeness (QED) is 0.536. The van der Waals surface area contributed by atoms with Gasteiger partial charge in [-0.15, -0.1) is 0 Å². The summed E-state index contributed by atoms with van der Waals surface area (Å²) in [5.41, 5.74) is 6.61. The van der Waals surface area contributed by atoms with E-state index in [1.807, 2.05) is 0 Å². The Labute approximate surface area is 99.4 Å². The highest BCUT2D eigenvalue weighted by Crippen LogP contribution is 2.21. The summed E-state index contributed by atoms with van der Waals surface area (Å²) in [7, 11) is -1.50. The monoisotopic (exact) mass is 229 g/mol. The molecular formula is C12H12BNO3. The fraction of sp³-hybridized carbons (Fsp3) is 0. The largest absolute Gasteiger partial charge is 0.488 e. The third kappa shape index (κ3) is 2.99. The number of nitrogen functional groups attached to an aromatic ring is 1. The Morgan fingerprint density at radius 1 is 0.941 bits per heavy atom. The lowest BCUT2D eigenvalue weighted by Crippen LogP contribution is -2.29. The van der Waals surface area contributed by atoms with Gasteiger partial charge in [0.1, 0.15) is 11.5 Å². The Morgan fingerprint density at radius 2 is 1.65 bits per heavy atom. The Bertz CT molecular complexity index is 499. The fourth-order valence-corrected chi connectivity index (χ4v) is 1.41. The van der Waals surface area contributed by atoms with E-state index < -0.39 is 7.12 Å². The SMILES string of the molecule is Nc1ccc(Oc2cccc(B(O)O)c2)cc1. The molecule has 0 aromatic heterocycles. The molecule has 4 nitrogen and oxygen atoms in total. The zero-order chi connectivity index (χ0) is 12.3. The van der Waals surface area contributed by atoms with Crippen molar-refractivity contribution < 1.29 is 14.8 Å². The number of ether oxygens (including phenoxy) is 1. The molecule has 4 N–H and O–H groups in total. The molecule has 86 valence electrons. The molecular weight excluding hydrogens is 217 g/mol. The number of hydrogen-bond donors (Lipinski definition) is 3. The Kier molecular flexibility index (Phi) is 3.32. The highest BCUT2D eigenvalue weighted by atomic mass is 16.5. The van der Waals surface area contributed by atoms with E-state index in [1.54, 1.807) is 48.5 Å². The lowest BCUT2D eigenvalue weighted by atomic mass is 9.80. The first-order valence-electron chi connectivity index (χ1n) is 5.14. The van der Waals surface area contributed by atoms with Crippen LogP contribution in [-0.4, -0.2) is 17.2 Å². The van der Waals surface area contributed by atoms with E-state index in [0.29, 0.717) is 22.6 Å². The smallest absolute Gasteiger partial charge is 0.457 e. The molecule has 0 radical (unpaired) electrons. The lowest BCUT2D eigenvalue weighted by Gasteiger charge is -2.07. The summed E-state index contributed by atoms with van der Waals surface area (Å²) in [4.78, 5) is 0. The van der Waals surface area contributed by atoms with Crippen molar-refractivity contribution in [2.24, 2.45) is 0 Å². The van der Waals surface area contributed by atoms with Gasteiger partial charge in [-0.25, -0.2) is 0 Å². The molecule has 0 heterocycles. The zero-order valence-electron chi connectivity index (χ0n) is 9.08. The van der Waals surface area contributed by atoms with Crippen LogP contribution < -0.4 is 15.9 Å². The number of rotatable bonds is 3. The predicted octanol–water partition coefficient (Wildman–Crippen LogP) is 0.741. The van der Waals surface area contributed by atoms with E-state index in [2.05, 4.69) is 0 Å². The molecule has 0 amide bonds. The van der Waals surface area contributed by atoms with Crippen molar-refractivity contribution in [1.29, 1.82) is 0 Å². The van der Waals surface area contributed by atoms with Crippen molar-refractivity contribution in [2.45, 2.75) is 0 Å². The first-order chi connectivity index (χ1) is 8.15. The van der Waals surface area contributed by atoms with E-state index in [-0.39, 0.29) is 0 Å². The number of benzene rings is 2. The Hall–Kier alpha value is -1.98. The maximum absolute atomic E-state index is 9.03. The van der Waals surface area contributed by atoms with Crippen molar-refractivity contribution in [1.82, 2.24) is 0 Å². The topological polar surface area (TPSA) is 75.7 Å². The summed E-state index contributed by atoms with van der Waals surface area (Å²) < 4.78 is 5.55. The van der Waals surface area contributed by atoms with Crippen LogP contribution in [0.5, 0.6) is 11.5 Å². The van der Waals surface area contributed by atoms with Crippen molar-refractivity contribution in [2.75, 3.05) is 5.73 Å². The van der Waals surface area contributed by atoms with Gasteiger partial charge in [0.25, 0.3) is 0 Å². The molecule has 2 aromatic rings. The summed E-state index contributed by atoms with van der Waals surface area (Å²) >= 11 is 0. The second-order valence-corrected chi connectivity index (χ2v) is 3.62. The Balaban J connectivity index is 2.18. The predicted molar refractivity (Wildman–Crippen MR) is 67.2 cm³/mol. The van der Waals surface area contributed by atoms with E-state index in [0.717, 1.165) is 0 Å². The maximum atomic E-state index is 9.03. The molecule has 0 aliphatic heterocycles. The van der Waals surface area contributed by atoms with Gasteiger partial charge in [0.2, 0.25) is 0 Å². The van der Waals surface area contributed by atoms with Crippen LogP contribution in [0.3, 0.4) is 0 Å². The van der Waals surface area contributed by atoms with Crippen LogP contribution in [-0.2, 0) is 0 Å². The van der Waals surface area contributed by atoms with Gasteiger partial charge in [0.05, 0.1) is 0 Å². The molecule has 0 aliphatic rings. The maximum Gasteiger partial charge on any atom is 0.488 e.